The summed E-state index contributed by atoms with van der Waals surface area (Å²) in [5.41, 5.74) is 2.49. The normalized spacial score (nSPS) is 18.7. The summed E-state index contributed by atoms with van der Waals surface area (Å²) in [5, 5.41) is 9.03. The van der Waals surface area contributed by atoms with Crippen LogP contribution in [0, 0.1) is 0 Å². The molecule has 1 aromatic carbocycles. The van der Waals surface area contributed by atoms with Gasteiger partial charge in [0.05, 0.1) is 13.2 Å². The lowest BCUT2D eigenvalue weighted by Gasteiger charge is -2.28. The average Bonchev–Trinajstić information content (AvgIpc) is 2.85. The maximum Gasteiger partial charge on any atom is 0.195 e. The van der Waals surface area contributed by atoms with Crippen molar-refractivity contribution in [1.29, 1.82) is 0 Å². The highest BCUT2D eigenvalue weighted by atomic mass is 16.7. The second-order valence-electron chi connectivity index (χ2n) is 6.10. The molecule has 3 nitrogen and oxygen atoms in total. The lowest BCUT2D eigenvalue weighted by Crippen LogP contribution is -2.27. The van der Waals surface area contributed by atoms with E-state index in [1.54, 1.807) is 0 Å². The van der Waals surface area contributed by atoms with Gasteiger partial charge in [0.15, 0.2) is 5.79 Å². The Balaban J connectivity index is 2.23. The van der Waals surface area contributed by atoms with Gasteiger partial charge in [0.25, 0.3) is 0 Å². The van der Waals surface area contributed by atoms with E-state index in [1.165, 1.54) is 5.56 Å². The molecular weight excluding hydrogens is 240 g/mol. The highest BCUT2D eigenvalue weighted by Gasteiger charge is 2.38. The van der Waals surface area contributed by atoms with Gasteiger partial charge < -0.3 is 14.6 Å². The van der Waals surface area contributed by atoms with E-state index in [9.17, 15) is 0 Å². The quantitative estimate of drug-likeness (QED) is 0.908. The van der Waals surface area contributed by atoms with Crippen LogP contribution in [-0.4, -0.2) is 24.9 Å². The molecule has 1 heterocycles. The fraction of sp³-hybridized carbons (Fsp3) is 0.625. The van der Waals surface area contributed by atoms with Crippen molar-refractivity contribution in [2.75, 3.05) is 19.8 Å². The van der Waals surface area contributed by atoms with Crippen LogP contribution in [0.5, 0.6) is 0 Å². The molecule has 0 saturated carbocycles. The molecule has 106 valence electrons. The van der Waals surface area contributed by atoms with Crippen LogP contribution in [0.25, 0.3) is 0 Å². The summed E-state index contributed by atoms with van der Waals surface area (Å²) in [6.07, 6.45) is 1.37. The van der Waals surface area contributed by atoms with Gasteiger partial charge in [-0.25, -0.2) is 0 Å². The molecule has 1 aliphatic rings. The van der Waals surface area contributed by atoms with Crippen LogP contribution in [0.15, 0.2) is 24.3 Å². The van der Waals surface area contributed by atoms with Gasteiger partial charge in [0, 0.05) is 18.6 Å². The molecule has 0 aliphatic carbocycles. The number of aliphatic hydroxyl groups excluding tert-OH is 1. The van der Waals surface area contributed by atoms with Crippen molar-refractivity contribution < 1.29 is 14.6 Å². The first-order valence-electron chi connectivity index (χ1n) is 6.98. The molecule has 1 saturated heterocycles. The highest BCUT2D eigenvalue weighted by Crippen LogP contribution is 2.36. The molecule has 0 amide bonds. The van der Waals surface area contributed by atoms with E-state index < -0.39 is 5.79 Å². The first-order valence-corrected chi connectivity index (χ1v) is 6.98. The van der Waals surface area contributed by atoms with E-state index in [0.29, 0.717) is 26.1 Å². The Hall–Kier alpha value is -0.900. The van der Waals surface area contributed by atoms with Crippen LogP contribution in [0.4, 0.5) is 0 Å². The monoisotopic (exact) mass is 264 g/mol. The van der Waals surface area contributed by atoms with E-state index in [2.05, 4.69) is 45.0 Å². The number of ether oxygens (including phenoxy) is 2. The maximum absolute atomic E-state index is 9.03. The third-order valence-corrected chi connectivity index (χ3v) is 3.61. The topological polar surface area (TPSA) is 38.7 Å². The SMILES string of the molecule is CC(C)(C)c1ccc(C2(CCCO)OCCO2)cc1. The average molecular weight is 264 g/mol. The number of aliphatic hydroxyl groups is 1. The lowest BCUT2D eigenvalue weighted by molar-refractivity contribution is -0.172. The summed E-state index contributed by atoms with van der Waals surface area (Å²) in [6.45, 7) is 8.00. The van der Waals surface area contributed by atoms with E-state index in [0.717, 1.165) is 5.56 Å². The Bertz CT molecular complexity index is 397. The van der Waals surface area contributed by atoms with Gasteiger partial charge in [-0.15, -0.1) is 0 Å². The Morgan fingerprint density at radius 1 is 1.11 bits per heavy atom. The van der Waals surface area contributed by atoms with Gasteiger partial charge in [0.2, 0.25) is 0 Å². The standard InChI is InChI=1S/C16H24O3/c1-15(2,3)13-5-7-14(8-6-13)16(9-4-10-17)18-11-12-19-16/h5-8,17H,4,9-12H2,1-3H3. The first-order chi connectivity index (χ1) is 8.98. The molecule has 1 aliphatic heterocycles. The zero-order valence-electron chi connectivity index (χ0n) is 12.1. The molecule has 3 heteroatoms. The minimum Gasteiger partial charge on any atom is -0.396 e. The van der Waals surface area contributed by atoms with Crippen molar-refractivity contribution in [2.24, 2.45) is 0 Å². The van der Waals surface area contributed by atoms with Crippen LogP contribution in [0.3, 0.4) is 0 Å². The van der Waals surface area contributed by atoms with Crippen LogP contribution in [0.1, 0.15) is 44.7 Å². The lowest BCUT2D eigenvalue weighted by atomic mass is 9.86. The summed E-state index contributed by atoms with van der Waals surface area (Å²) < 4.78 is 11.6. The number of rotatable bonds is 4. The first kappa shape index (κ1) is 14.5. The molecule has 0 bridgehead atoms. The summed E-state index contributed by atoms with van der Waals surface area (Å²) in [4.78, 5) is 0. The molecule has 1 fully saturated rings. The predicted molar refractivity (Wildman–Crippen MR) is 75.0 cm³/mol. The van der Waals surface area contributed by atoms with E-state index in [4.69, 9.17) is 14.6 Å². The zero-order chi connectivity index (χ0) is 13.9. The summed E-state index contributed by atoms with van der Waals surface area (Å²) in [6, 6.07) is 8.45. The smallest absolute Gasteiger partial charge is 0.195 e. The molecule has 1 aromatic rings. The molecule has 0 aromatic heterocycles. The summed E-state index contributed by atoms with van der Waals surface area (Å²) >= 11 is 0. The van der Waals surface area contributed by atoms with Gasteiger partial charge in [-0.05, 0) is 17.4 Å². The Kier molecular flexibility index (Phi) is 4.29. The maximum atomic E-state index is 9.03. The molecule has 0 atom stereocenters. The van der Waals surface area contributed by atoms with Gasteiger partial charge in [-0.2, -0.15) is 0 Å². The third-order valence-electron chi connectivity index (χ3n) is 3.61. The van der Waals surface area contributed by atoms with Crippen molar-refractivity contribution in [3.05, 3.63) is 35.4 Å². The summed E-state index contributed by atoms with van der Waals surface area (Å²) in [7, 11) is 0. The zero-order valence-corrected chi connectivity index (χ0v) is 12.1. The molecule has 19 heavy (non-hydrogen) atoms. The second-order valence-corrected chi connectivity index (χ2v) is 6.10. The minimum atomic E-state index is -0.654. The molecule has 2 rings (SSSR count). The van der Waals surface area contributed by atoms with E-state index >= 15 is 0 Å². The van der Waals surface area contributed by atoms with Crippen molar-refractivity contribution in [3.8, 4) is 0 Å². The number of hydrogen-bond acceptors (Lipinski definition) is 3. The summed E-state index contributed by atoms with van der Waals surface area (Å²) in [5.74, 6) is -0.654. The van der Waals surface area contributed by atoms with Crippen molar-refractivity contribution in [2.45, 2.75) is 44.8 Å². The third kappa shape index (κ3) is 3.16. The van der Waals surface area contributed by atoms with Crippen molar-refractivity contribution in [3.63, 3.8) is 0 Å². The number of hydrogen-bond donors (Lipinski definition) is 1. The molecule has 0 spiro atoms. The van der Waals surface area contributed by atoms with E-state index in [1.807, 2.05) is 0 Å². The Morgan fingerprint density at radius 3 is 2.16 bits per heavy atom. The second kappa shape index (κ2) is 5.61. The van der Waals surface area contributed by atoms with Crippen LogP contribution < -0.4 is 0 Å². The Labute approximate surface area is 115 Å². The minimum absolute atomic E-state index is 0.147. The molecule has 1 N–H and O–H groups in total. The molecule has 0 radical (unpaired) electrons. The fourth-order valence-electron chi connectivity index (χ4n) is 2.45. The van der Waals surface area contributed by atoms with Gasteiger partial charge in [-0.1, -0.05) is 45.0 Å². The highest BCUT2D eigenvalue weighted by molar-refractivity contribution is 5.30. The number of benzene rings is 1. The van der Waals surface area contributed by atoms with Crippen molar-refractivity contribution in [1.82, 2.24) is 0 Å². The molecular formula is C16H24O3. The van der Waals surface area contributed by atoms with Crippen molar-refractivity contribution >= 4 is 0 Å². The molecule has 0 unspecified atom stereocenters. The van der Waals surface area contributed by atoms with Gasteiger partial charge >= 0.3 is 0 Å². The van der Waals surface area contributed by atoms with Crippen LogP contribution in [-0.2, 0) is 20.7 Å². The van der Waals surface area contributed by atoms with Gasteiger partial charge in [0.1, 0.15) is 0 Å². The van der Waals surface area contributed by atoms with Crippen LogP contribution >= 0.6 is 0 Å². The predicted octanol–water partition coefficient (Wildman–Crippen LogP) is 2.96. The van der Waals surface area contributed by atoms with E-state index in [-0.39, 0.29) is 12.0 Å². The fourth-order valence-corrected chi connectivity index (χ4v) is 2.45. The Morgan fingerprint density at radius 2 is 1.68 bits per heavy atom. The largest absolute Gasteiger partial charge is 0.396 e. The van der Waals surface area contributed by atoms with Crippen LogP contribution in [0.2, 0.25) is 0 Å². The van der Waals surface area contributed by atoms with Gasteiger partial charge in [-0.3, -0.25) is 0 Å².